The zero-order chi connectivity index (χ0) is 13.1. The number of rotatable bonds is 2. The molecule has 18 heavy (non-hydrogen) atoms. The molecule has 1 amide bonds. The lowest BCUT2D eigenvalue weighted by Gasteiger charge is -2.18. The summed E-state index contributed by atoms with van der Waals surface area (Å²) in [4.78, 5) is 25.2. The van der Waals surface area contributed by atoms with E-state index in [-0.39, 0.29) is 11.6 Å². The van der Waals surface area contributed by atoms with Crippen LogP contribution in [0.1, 0.15) is 16.8 Å². The van der Waals surface area contributed by atoms with E-state index < -0.39 is 5.97 Å². The van der Waals surface area contributed by atoms with Gasteiger partial charge in [-0.1, -0.05) is 18.2 Å². The molecule has 0 saturated carbocycles. The second kappa shape index (κ2) is 4.91. The first-order chi connectivity index (χ1) is 8.65. The lowest BCUT2D eigenvalue weighted by Crippen LogP contribution is -2.32. The van der Waals surface area contributed by atoms with Gasteiger partial charge in [0.15, 0.2) is 0 Å². The average molecular weight is 246 g/mol. The van der Waals surface area contributed by atoms with Crippen molar-refractivity contribution in [3.63, 3.8) is 0 Å². The molecule has 1 aliphatic heterocycles. The summed E-state index contributed by atoms with van der Waals surface area (Å²) < 4.78 is 4.65. The Labute approximate surface area is 105 Å². The summed E-state index contributed by atoms with van der Waals surface area (Å²) in [5.74, 6) is -0.814. The molecule has 2 rings (SSSR count). The molecule has 5 heteroatoms. The van der Waals surface area contributed by atoms with Gasteiger partial charge in [-0.2, -0.15) is 0 Å². The van der Waals surface area contributed by atoms with E-state index in [1.54, 1.807) is 24.3 Å². The number of methoxy groups -OCH3 is 1. The molecule has 1 heterocycles. The van der Waals surface area contributed by atoms with E-state index in [1.807, 2.05) is 6.07 Å². The molecular weight excluding hydrogens is 232 g/mol. The van der Waals surface area contributed by atoms with E-state index in [0.717, 1.165) is 0 Å². The molecule has 0 aliphatic carbocycles. The zero-order valence-corrected chi connectivity index (χ0v) is 10.1. The fourth-order valence-electron chi connectivity index (χ4n) is 1.91. The fraction of sp³-hybridized carbons (Fsp3) is 0.231. The Hall–Kier alpha value is -2.30. The van der Waals surface area contributed by atoms with Crippen molar-refractivity contribution in [3.05, 3.63) is 47.3 Å². The third-order valence-electron chi connectivity index (χ3n) is 2.82. The molecule has 0 spiro atoms. The molecule has 1 aromatic rings. The molecule has 1 aromatic carbocycles. The predicted molar refractivity (Wildman–Crippen MR) is 65.3 cm³/mol. The van der Waals surface area contributed by atoms with Gasteiger partial charge in [0.2, 0.25) is 0 Å². The van der Waals surface area contributed by atoms with Crippen LogP contribution in [0.25, 0.3) is 0 Å². The van der Waals surface area contributed by atoms with Crippen molar-refractivity contribution in [2.45, 2.75) is 6.42 Å². The molecule has 5 nitrogen and oxygen atoms in total. The van der Waals surface area contributed by atoms with Crippen LogP contribution in [-0.4, -0.2) is 30.4 Å². The molecule has 0 unspecified atom stereocenters. The first-order valence-corrected chi connectivity index (χ1v) is 5.59. The lowest BCUT2D eigenvalue weighted by molar-refractivity contribution is -0.137. The second-order valence-corrected chi connectivity index (χ2v) is 3.94. The summed E-state index contributed by atoms with van der Waals surface area (Å²) in [6.45, 7) is 0.407. The molecule has 0 atom stereocenters. The number of ether oxygens (including phenoxy) is 1. The SMILES string of the molecule is COC(=O)C1=C(N)CCN1C(=O)c1ccccc1. The minimum absolute atomic E-state index is 0.159. The van der Waals surface area contributed by atoms with Gasteiger partial charge in [-0.05, 0) is 12.1 Å². The Morgan fingerprint density at radius 3 is 2.56 bits per heavy atom. The minimum atomic E-state index is -0.575. The summed E-state index contributed by atoms with van der Waals surface area (Å²) >= 11 is 0. The molecule has 0 radical (unpaired) electrons. The maximum atomic E-state index is 12.3. The van der Waals surface area contributed by atoms with E-state index in [9.17, 15) is 9.59 Å². The fourth-order valence-corrected chi connectivity index (χ4v) is 1.91. The maximum Gasteiger partial charge on any atom is 0.356 e. The van der Waals surface area contributed by atoms with E-state index in [0.29, 0.717) is 24.2 Å². The minimum Gasteiger partial charge on any atom is -0.464 e. The van der Waals surface area contributed by atoms with Crippen LogP contribution in [0.15, 0.2) is 41.7 Å². The molecule has 94 valence electrons. The number of esters is 1. The number of hydrogen-bond acceptors (Lipinski definition) is 4. The lowest BCUT2D eigenvalue weighted by atomic mass is 10.2. The number of carbonyl (C=O) groups excluding carboxylic acids is 2. The smallest absolute Gasteiger partial charge is 0.356 e. The number of amides is 1. The third-order valence-corrected chi connectivity index (χ3v) is 2.82. The molecule has 0 bridgehead atoms. The van der Waals surface area contributed by atoms with Crippen molar-refractivity contribution >= 4 is 11.9 Å². The Balaban J connectivity index is 2.30. The molecule has 0 fully saturated rings. The third kappa shape index (κ3) is 2.07. The first kappa shape index (κ1) is 12.2. The first-order valence-electron chi connectivity index (χ1n) is 5.59. The van der Waals surface area contributed by atoms with E-state index >= 15 is 0 Å². The van der Waals surface area contributed by atoms with Gasteiger partial charge in [-0.3, -0.25) is 4.79 Å². The summed E-state index contributed by atoms with van der Waals surface area (Å²) in [7, 11) is 1.27. The maximum absolute atomic E-state index is 12.3. The zero-order valence-electron chi connectivity index (χ0n) is 10.1. The van der Waals surface area contributed by atoms with Crippen LogP contribution in [0.2, 0.25) is 0 Å². The van der Waals surface area contributed by atoms with Crippen LogP contribution in [0.3, 0.4) is 0 Å². The molecular formula is C13H14N2O3. The molecule has 0 saturated heterocycles. The van der Waals surface area contributed by atoms with E-state index in [2.05, 4.69) is 4.74 Å². The Bertz CT molecular complexity index is 508. The van der Waals surface area contributed by atoms with Crippen LogP contribution in [-0.2, 0) is 9.53 Å². The normalized spacial score (nSPS) is 14.8. The predicted octanol–water partition coefficient (Wildman–Crippen LogP) is 0.876. The van der Waals surface area contributed by atoms with Crippen molar-refractivity contribution in [1.29, 1.82) is 0 Å². The quantitative estimate of drug-likeness (QED) is 0.786. The van der Waals surface area contributed by atoms with Gasteiger partial charge < -0.3 is 15.4 Å². The van der Waals surface area contributed by atoms with Crippen molar-refractivity contribution < 1.29 is 14.3 Å². The van der Waals surface area contributed by atoms with Crippen molar-refractivity contribution in [2.24, 2.45) is 5.73 Å². The second-order valence-electron chi connectivity index (χ2n) is 3.94. The molecule has 0 aromatic heterocycles. The van der Waals surface area contributed by atoms with Gasteiger partial charge in [-0.15, -0.1) is 0 Å². The van der Waals surface area contributed by atoms with Gasteiger partial charge in [0.1, 0.15) is 5.70 Å². The van der Waals surface area contributed by atoms with Crippen molar-refractivity contribution in [2.75, 3.05) is 13.7 Å². The molecule has 2 N–H and O–H groups in total. The number of nitrogens with two attached hydrogens (primary N) is 1. The van der Waals surface area contributed by atoms with Gasteiger partial charge in [0.05, 0.1) is 7.11 Å². The van der Waals surface area contributed by atoms with Crippen molar-refractivity contribution in [1.82, 2.24) is 4.90 Å². The number of carbonyl (C=O) groups is 2. The highest BCUT2D eigenvalue weighted by atomic mass is 16.5. The number of benzene rings is 1. The molecule has 1 aliphatic rings. The standard InChI is InChI=1S/C13H14N2O3/c1-18-13(17)11-10(14)7-8-15(11)12(16)9-5-3-2-4-6-9/h2-6H,7-8,14H2,1H3. The average Bonchev–Trinajstić information content (AvgIpc) is 2.80. The topological polar surface area (TPSA) is 72.6 Å². The monoisotopic (exact) mass is 246 g/mol. The van der Waals surface area contributed by atoms with Crippen LogP contribution in [0.5, 0.6) is 0 Å². The van der Waals surface area contributed by atoms with Gasteiger partial charge >= 0.3 is 5.97 Å². The highest BCUT2D eigenvalue weighted by molar-refractivity contribution is 6.02. The summed E-state index contributed by atoms with van der Waals surface area (Å²) in [5.41, 5.74) is 6.82. The van der Waals surface area contributed by atoms with Crippen LogP contribution in [0, 0.1) is 0 Å². The summed E-state index contributed by atoms with van der Waals surface area (Å²) in [6.07, 6.45) is 0.489. The Kier molecular flexibility index (Phi) is 3.32. The highest BCUT2D eigenvalue weighted by Crippen LogP contribution is 2.22. The Morgan fingerprint density at radius 2 is 1.94 bits per heavy atom. The van der Waals surface area contributed by atoms with Gasteiger partial charge in [-0.25, -0.2) is 4.79 Å². The van der Waals surface area contributed by atoms with Gasteiger partial charge in [0.25, 0.3) is 5.91 Å². The van der Waals surface area contributed by atoms with Crippen LogP contribution >= 0.6 is 0 Å². The van der Waals surface area contributed by atoms with Crippen molar-refractivity contribution in [3.8, 4) is 0 Å². The van der Waals surface area contributed by atoms with E-state index in [4.69, 9.17) is 5.73 Å². The van der Waals surface area contributed by atoms with Crippen LogP contribution in [0.4, 0.5) is 0 Å². The van der Waals surface area contributed by atoms with E-state index in [1.165, 1.54) is 12.0 Å². The van der Waals surface area contributed by atoms with Gasteiger partial charge in [0, 0.05) is 24.2 Å². The summed E-state index contributed by atoms with van der Waals surface area (Å²) in [6, 6.07) is 8.77. The number of nitrogens with zero attached hydrogens (tertiary/aromatic N) is 1. The summed E-state index contributed by atoms with van der Waals surface area (Å²) in [5, 5.41) is 0. The largest absolute Gasteiger partial charge is 0.464 e. The number of hydrogen-bond donors (Lipinski definition) is 1. The highest BCUT2D eigenvalue weighted by Gasteiger charge is 2.32. The van der Waals surface area contributed by atoms with Crippen LogP contribution < -0.4 is 5.73 Å². The Morgan fingerprint density at radius 1 is 1.28 bits per heavy atom.